The molecule has 1 saturated heterocycles. The lowest BCUT2D eigenvalue weighted by molar-refractivity contribution is 0.0709. The van der Waals surface area contributed by atoms with Gasteiger partial charge in [0.05, 0.1) is 9.77 Å². The van der Waals surface area contributed by atoms with Crippen LogP contribution in [-0.2, 0) is 10.0 Å². The summed E-state index contributed by atoms with van der Waals surface area (Å²) in [6.07, 6.45) is 4.62. The number of carbonyl (C=O) groups is 1. The summed E-state index contributed by atoms with van der Waals surface area (Å²) in [6.45, 7) is 2.56. The highest BCUT2D eigenvalue weighted by Crippen LogP contribution is 2.28. The Morgan fingerprint density at radius 3 is 2.54 bits per heavy atom. The van der Waals surface area contributed by atoms with Crippen LogP contribution in [-0.4, -0.2) is 51.9 Å². The Labute approximate surface area is 153 Å². The summed E-state index contributed by atoms with van der Waals surface area (Å²) in [6, 6.07) is 1.97. The summed E-state index contributed by atoms with van der Waals surface area (Å²) in [4.78, 5) is 15.0. The van der Waals surface area contributed by atoms with Crippen LogP contribution in [0.25, 0.3) is 0 Å². The van der Waals surface area contributed by atoms with E-state index in [1.807, 2.05) is 4.90 Å². The number of amides is 1. The smallest absolute Gasteiger partial charge is 0.263 e. The van der Waals surface area contributed by atoms with Crippen molar-refractivity contribution < 1.29 is 13.2 Å². The van der Waals surface area contributed by atoms with E-state index in [-0.39, 0.29) is 23.2 Å². The van der Waals surface area contributed by atoms with Gasteiger partial charge in [-0.05, 0) is 51.3 Å². The molecule has 1 amide bonds. The third kappa shape index (κ3) is 4.70. The fraction of sp³-hybridized carbons (Fsp3) is 0.667. The van der Waals surface area contributed by atoms with Crippen LogP contribution in [0.5, 0.6) is 0 Å². The number of rotatable bonds is 6. The van der Waals surface area contributed by atoms with Gasteiger partial charge >= 0.3 is 0 Å². The van der Waals surface area contributed by atoms with Crippen LogP contribution in [0.3, 0.4) is 0 Å². The lowest BCUT2D eigenvalue weighted by atomic mass is 10.0. The topological polar surface area (TPSA) is 78.5 Å². The highest BCUT2D eigenvalue weighted by molar-refractivity contribution is 7.89. The minimum atomic E-state index is -3.48. The van der Waals surface area contributed by atoms with E-state index < -0.39 is 10.0 Å². The van der Waals surface area contributed by atoms with E-state index in [0.29, 0.717) is 10.9 Å². The van der Waals surface area contributed by atoms with Crippen LogP contribution in [0, 0.1) is 5.92 Å². The number of thiophene rings is 1. The molecule has 1 aromatic heterocycles. The molecular formula is C15H24ClN3O3S2. The third-order valence-electron chi connectivity index (χ3n) is 4.54. The van der Waals surface area contributed by atoms with Gasteiger partial charge in [0.25, 0.3) is 5.91 Å². The van der Waals surface area contributed by atoms with Crippen molar-refractivity contribution in [3.05, 3.63) is 16.3 Å². The number of sulfonamides is 1. The van der Waals surface area contributed by atoms with Crippen molar-refractivity contribution in [2.75, 3.05) is 26.7 Å². The van der Waals surface area contributed by atoms with Crippen molar-refractivity contribution in [1.82, 2.24) is 14.9 Å². The molecule has 1 saturated carbocycles. The first-order chi connectivity index (χ1) is 11.0. The molecule has 2 aliphatic rings. The van der Waals surface area contributed by atoms with E-state index >= 15 is 0 Å². The lowest BCUT2D eigenvalue weighted by Crippen LogP contribution is -2.45. The molecule has 6 nitrogen and oxygen atoms in total. The van der Waals surface area contributed by atoms with Gasteiger partial charge in [0.1, 0.15) is 0 Å². The van der Waals surface area contributed by atoms with E-state index in [1.54, 1.807) is 0 Å². The zero-order valence-corrected chi connectivity index (χ0v) is 16.1. The van der Waals surface area contributed by atoms with Crippen molar-refractivity contribution in [2.24, 2.45) is 5.92 Å². The molecule has 0 spiro atoms. The summed E-state index contributed by atoms with van der Waals surface area (Å²) in [7, 11) is -2.11. The Bertz CT molecular complexity index is 665. The molecule has 1 aliphatic carbocycles. The average Bonchev–Trinajstić information content (AvgIpc) is 3.26. The van der Waals surface area contributed by atoms with Crippen LogP contribution in [0.2, 0.25) is 0 Å². The summed E-state index contributed by atoms with van der Waals surface area (Å²) in [5.74, 6) is 0.807. The van der Waals surface area contributed by atoms with Gasteiger partial charge < -0.3 is 10.2 Å². The minimum absolute atomic E-state index is 0. The first kappa shape index (κ1) is 19.7. The minimum Gasteiger partial charge on any atom is -0.338 e. The first-order valence-electron chi connectivity index (χ1n) is 8.04. The summed E-state index contributed by atoms with van der Waals surface area (Å²) in [5.41, 5.74) is 0. The van der Waals surface area contributed by atoms with Gasteiger partial charge in [-0.1, -0.05) is 0 Å². The molecule has 136 valence electrons. The van der Waals surface area contributed by atoms with Crippen molar-refractivity contribution in [3.8, 4) is 0 Å². The number of nitrogens with one attached hydrogen (secondary N) is 2. The third-order valence-corrected chi connectivity index (χ3v) is 7.00. The maximum atomic E-state index is 12.5. The number of piperidine rings is 1. The van der Waals surface area contributed by atoms with Gasteiger partial charge in [0.2, 0.25) is 10.0 Å². The Morgan fingerprint density at radius 2 is 1.96 bits per heavy atom. The predicted octanol–water partition coefficient (Wildman–Crippen LogP) is 1.68. The van der Waals surface area contributed by atoms with Crippen LogP contribution >= 0.6 is 23.7 Å². The van der Waals surface area contributed by atoms with E-state index in [0.717, 1.165) is 38.4 Å². The second-order valence-electron chi connectivity index (χ2n) is 6.27. The zero-order chi connectivity index (χ0) is 16.4. The molecule has 0 atom stereocenters. The fourth-order valence-electron chi connectivity index (χ4n) is 2.79. The molecular weight excluding hydrogens is 370 g/mol. The Morgan fingerprint density at radius 1 is 1.29 bits per heavy atom. The zero-order valence-electron chi connectivity index (χ0n) is 13.7. The van der Waals surface area contributed by atoms with Gasteiger partial charge in [0, 0.05) is 24.5 Å². The molecule has 2 fully saturated rings. The van der Waals surface area contributed by atoms with Gasteiger partial charge in [-0.3, -0.25) is 4.79 Å². The number of carbonyl (C=O) groups excluding carboxylic acids is 1. The maximum absolute atomic E-state index is 12.5. The fourth-order valence-corrected chi connectivity index (χ4v) is 4.76. The van der Waals surface area contributed by atoms with Crippen molar-refractivity contribution in [3.63, 3.8) is 0 Å². The molecule has 0 radical (unpaired) electrons. The van der Waals surface area contributed by atoms with Crippen LogP contribution in [0.1, 0.15) is 35.4 Å². The second kappa shape index (κ2) is 8.14. The van der Waals surface area contributed by atoms with Crippen LogP contribution in [0.4, 0.5) is 0 Å². The Balaban J connectivity index is 0.00000208. The van der Waals surface area contributed by atoms with E-state index in [1.165, 1.54) is 42.7 Å². The van der Waals surface area contributed by atoms with E-state index in [2.05, 4.69) is 10.0 Å². The SMILES string of the molecule is CNS(=O)(=O)c1csc(C(=O)N2CCC(NCC3CC3)CC2)c1.Cl. The first-order valence-corrected chi connectivity index (χ1v) is 10.4. The van der Waals surface area contributed by atoms with Crippen molar-refractivity contribution in [2.45, 2.75) is 36.6 Å². The van der Waals surface area contributed by atoms with E-state index in [9.17, 15) is 13.2 Å². The predicted molar refractivity (Wildman–Crippen MR) is 97.5 cm³/mol. The molecule has 0 aromatic carbocycles. The molecule has 1 aromatic rings. The average molecular weight is 394 g/mol. The van der Waals surface area contributed by atoms with Gasteiger partial charge in [-0.2, -0.15) is 0 Å². The van der Waals surface area contributed by atoms with Gasteiger partial charge in [-0.25, -0.2) is 13.1 Å². The molecule has 2 N–H and O–H groups in total. The maximum Gasteiger partial charge on any atom is 0.263 e. The monoisotopic (exact) mass is 393 g/mol. The molecule has 24 heavy (non-hydrogen) atoms. The molecule has 1 aliphatic heterocycles. The summed E-state index contributed by atoms with van der Waals surface area (Å²) in [5, 5.41) is 5.11. The second-order valence-corrected chi connectivity index (χ2v) is 9.07. The summed E-state index contributed by atoms with van der Waals surface area (Å²) >= 11 is 1.19. The van der Waals surface area contributed by atoms with Gasteiger partial charge in [-0.15, -0.1) is 23.7 Å². The van der Waals surface area contributed by atoms with Crippen LogP contribution < -0.4 is 10.0 Å². The standard InChI is InChI=1S/C15H23N3O3S2.ClH/c1-16-23(20,21)13-8-14(22-10-13)15(19)18-6-4-12(5-7-18)17-9-11-2-3-11;/h8,10-12,16-17H,2-7,9H2,1H3;1H. The van der Waals surface area contributed by atoms with Crippen LogP contribution in [0.15, 0.2) is 16.3 Å². The summed E-state index contributed by atoms with van der Waals surface area (Å²) < 4.78 is 25.8. The number of hydrogen-bond donors (Lipinski definition) is 2. The number of halogens is 1. The lowest BCUT2D eigenvalue weighted by Gasteiger charge is -2.32. The Hall–Kier alpha value is -0.670. The molecule has 9 heteroatoms. The number of nitrogens with zero attached hydrogens (tertiary/aromatic N) is 1. The highest BCUT2D eigenvalue weighted by atomic mass is 35.5. The quantitative estimate of drug-likeness (QED) is 0.770. The molecule has 0 bridgehead atoms. The van der Waals surface area contributed by atoms with Crippen molar-refractivity contribution >= 4 is 39.7 Å². The molecule has 2 heterocycles. The largest absolute Gasteiger partial charge is 0.338 e. The van der Waals surface area contributed by atoms with Gasteiger partial charge in [0.15, 0.2) is 0 Å². The number of hydrogen-bond acceptors (Lipinski definition) is 5. The highest BCUT2D eigenvalue weighted by Gasteiger charge is 2.27. The van der Waals surface area contributed by atoms with Crippen molar-refractivity contribution in [1.29, 1.82) is 0 Å². The van der Waals surface area contributed by atoms with E-state index in [4.69, 9.17) is 0 Å². The normalized spacial score (nSPS) is 19.1. The molecule has 3 rings (SSSR count). The Kier molecular flexibility index (Phi) is 6.66. The number of likely N-dealkylation sites (tertiary alicyclic amines) is 1. The molecule has 0 unspecified atom stereocenters.